The van der Waals surface area contributed by atoms with Crippen molar-refractivity contribution in [2.24, 2.45) is 0 Å². The molecule has 5 heteroatoms. The molecule has 0 spiro atoms. The average molecular weight is 233 g/mol. The molecule has 0 amide bonds. The highest BCUT2D eigenvalue weighted by atomic mass is 35.5. The number of benzene rings is 1. The molecule has 0 fully saturated rings. The predicted molar refractivity (Wildman–Crippen MR) is 57.6 cm³/mol. The Morgan fingerprint density at radius 2 is 2.07 bits per heavy atom. The van der Waals surface area contributed by atoms with Gasteiger partial charge in [0.05, 0.1) is 7.11 Å². The highest BCUT2D eigenvalue weighted by molar-refractivity contribution is 5.85. The van der Waals surface area contributed by atoms with Crippen LogP contribution >= 0.6 is 12.4 Å². The Balaban J connectivity index is 0.00000196. The second kappa shape index (κ2) is 6.27. The van der Waals surface area contributed by atoms with Crippen LogP contribution in [0.3, 0.4) is 0 Å². The van der Waals surface area contributed by atoms with Gasteiger partial charge in [0.25, 0.3) is 0 Å². The third-order valence-electron chi connectivity index (χ3n) is 1.86. The first-order valence-electron chi connectivity index (χ1n) is 4.08. The summed E-state index contributed by atoms with van der Waals surface area (Å²) in [4.78, 5) is 10.8. The van der Waals surface area contributed by atoms with Crippen molar-refractivity contribution in [1.29, 1.82) is 0 Å². The summed E-state index contributed by atoms with van der Waals surface area (Å²) in [5, 5.41) is 8.82. The van der Waals surface area contributed by atoms with Crippen LogP contribution in [0.4, 0.5) is 0 Å². The van der Waals surface area contributed by atoms with Gasteiger partial charge in [0.15, 0.2) is 6.10 Å². The molecule has 0 aliphatic heterocycles. The minimum absolute atomic E-state index is 0. The van der Waals surface area contributed by atoms with Crippen LogP contribution in [0, 0.1) is 0 Å². The van der Waals surface area contributed by atoms with Crippen molar-refractivity contribution >= 4 is 18.4 Å². The molecule has 0 aliphatic carbocycles. The fraction of sp³-hybridized carbons (Fsp3) is 0.300. The molecule has 84 valence electrons. The molecule has 1 rings (SSSR count). The maximum Gasteiger partial charge on any atom is 0.337 e. The van der Waals surface area contributed by atoms with E-state index in [-0.39, 0.29) is 12.4 Å². The van der Waals surface area contributed by atoms with Gasteiger partial charge in [-0.3, -0.25) is 0 Å². The highest BCUT2D eigenvalue weighted by Crippen LogP contribution is 2.21. The lowest BCUT2D eigenvalue weighted by atomic mass is 10.1. The number of methoxy groups -OCH3 is 2. The number of hydrogen-bond donors (Lipinski definition) is 1. The maximum atomic E-state index is 10.8. The molecule has 0 heterocycles. The van der Waals surface area contributed by atoms with Gasteiger partial charge in [0.2, 0.25) is 0 Å². The van der Waals surface area contributed by atoms with E-state index in [2.05, 4.69) is 0 Å². The summed E-state index contributed by atoms with van der Waals surface area (Å²) in [7, 11) is 2.89. The molecule has 0 radical (unpaired) electrons. The number of carboxylic acid groups (broad SMARTS) is 1. The average Bonchev–Trinajstić information content (AvgIpc) is 2.19. The van der Waals surface area contributed by atoms with Crippen molar-refractivity contribution in [3.8, 4) is 5.75 Å². The van der Waals surface area contributed by atoms with E-state index < -0.39 is 12.1 Å². The van der Waals surface area contributed by atoms with Crippen molar-refractivity contribution in [3.05, 3.63) is 29.8 Å². The number of hydrogen-bond acceptors (Lipinski definition) is 3. The summed E-state index contributed by atoms with van der Waals surface area (Å²) in [6.07, 6.45) is -0.940. The molecule has 4 nitrogen and oxygen atoms in total. The molecule has 1 atom stereocenters. The smallest absolute Gasteiger partial charge is 0.337 e. The standard InChI is InChI=1S/C10H12O4.ClH/c1-13-8-5-3-4-7(6-8)9(14-2)10(11)12;/h3-6,9H,1-2H3,(H,11,12);1H. The van der Waals surface area contributed by atoms with Crippen molar-refractivity contribution in [2.75, 3.05) is 14.2 Å². The normalized spacial score (nSPS) is 11.3. The Labute approximate surface area is 94.2 Å². The summed E-state index contributed by atoms with van der Waals surface area (Å²) in [6.45, 7) is 0. The number of carboxylic acids is 1. The van der Waals surface area contributed by atoms with E-state index in [0.29, 0.717) is 11.3 Å². The summed E-state index contributed by atoms with van der Waals surface area (Å²) >= 11 is 0. The van der Waals surface area contributed by atoms with Gasteiger partial charge in [-0.1, -0.05) is 12.1 Å². The van der Waals surface area contributed by atoms with E-state index in [4.69, 9.17) is 14.6 Å². The van der Waals surface area contributed by atoms with Crippen molar-refractivity contribution in [3.63, 3.8) is 0 Å². The monoisotopic (exact) mass is 232 g/mol. The molecule has 0 saturated carbocycles. The number of aliphatic carboxylic acids is 1. The first-order chi connectivity index (χ1) is 6.69. The van der Waals surface area contributed by atoms with Crippen molar-refractivity contribution in [2.45, 2.75) is 6.10 Å². The van der Waals surface area contributed by atoms with Gasteiger partial charge < -0.3 is 14.6 Å². The fourth-order valence-electron chi connectivity index (χ4n) is 1.18. The van der Waals surface area contributed by atoms with E-state index in [9.17, 15) is 4.79 Å². The minimum atomic E-state index is -1.01. The number of ether oxygens (including phenoxy) is 2. The van der Waals surface area contributed by atoms with Crippen LogP contribution in [-0.2, 0) is 9.53 Å². The second-order valence-corrected chi connectivity index (χ2v) is 2.73. The Morgan fingerprint density at radius 3 is 2.53 bits per heavy atom. The summed E-state index contributed by atoms with van der Waals surface area (Å²) in [5.74, 6) is -0.397. The zero-order valence-corrected chi connectivity index (χ0v) is 9.28. The summed E-state index contributed by atoms with van der Waals surface area (Å²) in [5.41, 5.74) is 0.569. The minimum Gasteiger partial charge on any atom is -0.497 e. The second-order valence-electron chi connectivity index (χ2n) is 2.73. The molecule has 0 aromatic heterocycles. The van der Waals surface area contributed by atoms with Crippen LogP contribution in [-0.4, -0.2) is 25.3 Å². The first-order valence-corrected chi connectivity index (χ1v) is 4.08. The van der Waals surface area contributed by atoms with Gasteiger partial charge >= 0.3 is 5.97 Å². The zero-order chi connectivity index (χ0) is 10.6. The Kier molecular flexibility index (Phi) is 5.74. The van der Waals surface area contributed by atoms with E-state index in [0.717, 1.165) is 0 Å². The van der Waals surface area contributed by atoms with Gasteiger partial charge in [0.1, 0.15) is 5.75 Å². The molecule has 0 bridgehead atoms. The van der Waals surface area contributed by atoms with Gasteiger partial charge in [-0.05, 0) is 17.7 Å². The molecule has 0 aliphatic rings. The van der Waals surface area contributed by atoms with Crippen LogP contribution in [0.2, 0.25) is 0 Å². The Bertz CT molecular complexity index is 327. The van der Waals surface area contributed by atoms with Crippen molar-refractivity contribution in [1.82, 2.24) is 0 Å². The van der Waals surface area contributed by atoms with Crippen LogP contribution in [0.5, 0.6) is 5.75 Å². The van der Waals surface area contributed by atoms with Crippen molar-refractivity contribution < 1.29 is 19.4 Å². The lowest BCUT2D eigenvalue weighted by molar-refractivity contribution is -0.148. The Hall–Kier alpha value is -1.26. The SMILES string of the molecule is COc1cccc(C(OC)C(=O)O)c1.Cl. The summed E-state index contributed by atoms with van der Waals surface area (Å²) < 4.78 is 9.82. The molecular weight excluding hydrogens is 220 g/mol. The van der Waals surface area contributed by atoms with E-state index in [1.165, 1.54) is 14.2 Å². The van der Waals surface area contributed by atoms with Crippen LogP contribution in [0.15, 0.2) is 24.3 Å². The molecular formula is C10H13ClO4. The zero-order valence-electron chi connectivity index (χ0n) is 8.47. The molecule has 1 N–H and O–H groups in total. The number of carbonyl (C=O) groups is 1. The largest absolute Gasteiger partial charge is 0.497 e. The first kappa shape index (κ1) is 13.7. The molecule has 1 aromatic carbocycles. The fourth-order valence-corrected chi connectivity index (χ4v) is 1.18. The highest BCUT2D eigenvalue weighted by Gasteiger charge is 2.18. The third kappa shape index (κ3) is 3.42. The summed E-state index contributed by atoms with van der Waals surface area (Å²) in [6, 6.07) is 6.80. The van der Waals surface area contributed by atoms with Crippen LogP contribution in [0.25, 0.3) is 0 Å². The van der Waals surface area contributed by atoms with Crippen LogP contribution < -0.4 is 4.74 Å². The Morgan fingerprint density at radius 1 is 1.40 bits per heavy atom. The molecule has 15 heavy (non-hydrogen) atoms. The van der Waals surface area contributed by atoms with E-state index in [1.807, 2.05) is 0 Å². The third-order valence-corrected chi connectivity index (χ3v) is 1.86. The number of rotatable bonds is 4. The van der Waals surface area contributed by atoms with E-state index in [1.54, 1.807) is 24.3 Å². The van der Waals surface area contributed by atoms with E-state index >= 15 is 0 Å². The van der Waals surface area contributed by atoms with Gasteiger partial charge in [-0.2, -0.15) is 0 Å². The van der Waals surface area contributed by atoms with Gasteiger partial charge in [0, 0.05) is 7.11 Å². The molecule has 1 aromatic rings. The lowest BCUT2D eigenvalue weighted by Gasteiger charge is -2.11. The number of halogens is 1. The van der Waals surface area contributed by atoms with Gasteiger partial charge in [-0.25, -0.2) is 4.79 Å². The lowest BCUT2D eigenvalue weighted by Crippen LogP contribution is -2.13. The van der Waals surface area contributed by atoms with Crippen LogP contribution in [0.1, 0.15) is 11.7 Å². The topological polar surface area (TPSA) is 55.8 Å². The molecule has 0 saturated heterocycles. The quantitative estimate of drug-likeness (QED) is 0.861. The predicted octanol–water partition coefficient (Wildman–Crippen LogP) is 1.89. The van der Waals surface area contributed by atoms with Gasteiger partial charge in [-0.15, -0.1) is 12.4 Å². The molecule has 1 unspecified atom stereocenters. The maximum absolute atomic E-state index is 10.8.